The number of nitrogens with two attached hydrogens (primary N) is 2. The van der Waals surface area contributed by atoms with E-state index in [0.29, 0.717) is 24.6 Å². The second-order valence-corrected chi connectivity index (χ2v) is 3.10. The average Bonchev–Trinajstić information content (AvgIpc) is 2.01. The highest BCUT2D eigenvalue weighted by Gasteiger charge is 2.00. The number of aliphatic hydroxyl groups is 1. The molecule has 0 amide bonds. The summed E-state index contributed by atoms with van der Waals surface area (Å²) in [7, 11) is 0. The molecule has 1 aromatic rings. The molecule has 6 heteroatoms. The Morgan fingerprint density at radius 1 is 1.50 bits per heavy atom. The quantitative estimate of drug-likeness (QED) is 0.533. The Morgan fingerprint density at radius 3 is 2.79 bits per heavy atom. The number of anilines is 3. The first-order chi connectivity index (χ1) is 6.58. The van der Waals surface area contributed by atoms with E-state index < -0.39 is 0 Å². The van der Waals surface area contributed by atoms with Gasteiger partial charge in [-0.05, 0) is 13.3 Å². The lowest BCUT2D eigenvalue weighted by molar-refractivity contribution is 0.188. The molecule has 1 unspecified atom stereocenters. The van der Waals surface area contributed by atoms with Crippen LogP contribution in [0.1, 0.15) is 13.3 Å². The van der Waals surface area contributed by atoms with Crippen LogP contribution in [0.15, 0.2) is 6.07 Å². The first-order valence-corrected chi connectivity index (χ1v) is 4.40. The largest absolute Gasteiger partial charge is 0.393 e. The highest BCUT2D eigenvalue weighted by atomic mass is 16.3. The molecule has 0 radical (unpaired) electrons. The fraction of sp³-hybridized carbons (Fsp3) is 0.500. The standard InChI is InChI=1S/C8H15N5O/c1-5(14)2-3-11-7-4-6(9)12-8(10)13-7/h4-5,14H,2-3H2,1H3,(H5,9,10,11,12,13). The molecule has 0 fully saturated rings. The van der Waals surface area contributed by atoms with E-state index in [4.69, 9.17) is 16.6 Å². The van der Waals surface area contributed by atoms with Crippen molar-refractivity contribution in [3.05, 3.63) is 6.07 Å². The lowest BCUT2D eigenvalue weighted by atomic mass is 10.3. The summed E-state index contributed by atoms with van der Waals surface area (Å²) in [5, 5.41) is 12.0. The van der Waals surface area contributed by atoms with Crippen LogP contribution in [-0.2, 0) is 0 Å². The minimum Gasteiger partial charge on any atom is -0.393 e. The zero-order valence-electron chi connectivity index (χ0n) is 8.07. The molecule has 6 N–H and O–H groups in total. The normalized spacial score (nSPS) is 12.4. The third-order valence-corrected chi connectivity index (χ3v) is 1.63. The molecule has 0 bridgehead atoms. The minimum atomic E-state index is -0.334. The number of nitrogens with zero attached hydrogens (tertiary/aromatic N) is 2. The number of aliphatic hydroxyl groups excluding tert-OH is 1. The van der Waals surface area contributed by atoms with E-state index in [9.17, 15) is 0 Å². The van der Waals surface area contributed by atoms with Crippen molar-refractivity contribution in [3.8, 4) is 0 Å². The number of hydrogen-bond acceptors (Lipinski definition) is 6. The predicted octanol–water partition coefficient (Wildman–Crippen LogP) is -0.176. The molecule has 0 spiro atoms. The van der Waals surface area contributed by atoms with Crippen molar-refractivity contribution in [2.75, 3.05) is 23.3 Å². The molecule has 1 atom stereocenters. The second kappa shape index (κ2) is 4.61. The molecular weight excluding hydrogens is 182 g/mol. The molecule has 0 aromatic carbocycles. The van der Waals surface area contributed by atoms with Crippen molar-refractivity contribution in [2.24, 2.45) is 0 Å². The van der Waals surface area contributed by atoms with Crippen molar-refractivity contribution >= 4 is 17.6 Å². The summed E-state index contributed by atoms with van der Waals surface area (Å²) < 4.78 is 0. The summed E-state index contributed by atoms with van der Waals surface area (Å²) >= 11 is 0. The third-order valence-electron chi connectivity index (χ3n) is 1.63. The number of aromatic nitrogens is 2. The van der Waals surface area contributed by atoms with Gasteiger partial charge >= 0.3 is 0 Å². The van der Waals surface area contributed by atoms with Crippen LogP contribution in [0.25, 0.3) is 0 Å². The van der Waals surface area contributed by atoms with Crippen LogP contribution < -0.4 is 16.8 Å². The van der Waals surface area contributed by atoms with Crippen LogP contribution in [-0.4, -0.2) is 27.7 Å². The Morgan fingerprint density at radius 2 is 2.21 bits per heavy atom. The highest BCUT2D eigenvalue weighted by molar-refractivity contribution is 5.48. The van der Waals surface area contributed by atoms with E-state index in [2.05, 4.69) is 15.3 Å². The molecule has 0 saturated heterocycles. The summed E-state index contributed by atoms with van der Waals surface area (Å²) in [6.07, 6.45) is 0.308. The SMILES string of the molecule is CC(O)CCNc1cc(N)nc(N)n1. The first-order valence-electron chi connectivity index (χ1n) is 4.40. The number of nitrogen functional groups attached to an aromatic ring is 2. The van der Waals surface area contributed by atoms with Gasteiger partial charge in [0.25, 0.3) is 0 Å². The Bertz CT molecular complexity index is 282. The third kappa shape index (κ3) is 3.44. The monoisotopic (exact) mass is 197 g/mol. The van der Waals surface area contributed by atoms with Gasteiger partial charge in [0.1, 0.15) is 11.6 Å². The summed E-state index contributed by atoms with van der Waals surface area (Å²) in [5.41, 5.74) is 10.9. The second-order valence-electron chi connectivity index (χ2n) is 3.10. The van der Waals surface area contributed by atoms with Gasteiger partial charge in [-0.15, -0.1) is 0 Å². The van der Waals surface area contributed by atoms with Gasteiger partial charge < -0.3 is 21.9 Å². The zero-order chi connectivity index (χ0) is 10.6. The van der Waals surface area contributed by atoms with Crippen molar-refractivity contribution in [1.82, 2.24) is 9.97 Å². The molecule has 1 rings (SSSR count). The van der Waals surface area contributed by atoms with E-state index >= 15 is 0 Å². The molecular formula is C8H15N5O. The summed E-state index contributed by atoms with van der Waals surface area (Å²) in [6, 6.07) is 1.60. The molecule has 0 saturated carbocycles. The van der Waals surface area contributed by atoms with Crippen molar-refractivity contribution in [2.45, 2.75) is 19.4 Å². The van der Waals surface area contributed by atoms with Crippen LogP contribution in [0.5, 0.6) is 0 Å². The number of hydrogen-bond donors (Lipinski definition) is 4. The Balaban J connectivity index is 2.50. The number of nitrogens with one attached hydrogen (secondary N) is 1. The minimum absolute atomic E-state index is 0.143. The predicted molar refractivity (Wildman–Crippen MR) is 55.6 cm³/mol. The maximum Gasteiger partial charge on any atom is 0.223 e. The fourth-order valence-electron chi connectivity index (χ4n) is 0.985. The average molecular weight is 197 g/mol. The first kappa shape index (κ1) is 10.5. The van der Waals surface area contributed by atoms with Gasteiger partial charge in [-0.3, -0.25) is 0 Å². The molecule has 1 aromatic heterocycles. The maximum absolute atomic E-state index is 9.02. The van der Waals surface area contributed by atoms with E-state index in [1.54, 1.807) is 13.0 Å². The number of rotatable bonds is 4. The lowest BCUT2D eigenvalue weighted by Gasteiger charge is -2.07. The zero-order valence-corrected chi connectivity index (χ0v) is 8.07. The summed E-state index contributed by atoms with van der Waals surface area (Å²) in [6.45, 7) is 2.35. The smallest absolute Gasteiger partial charge is 0.223 e. The van der Waals surface area contributed by atoms with E-state index in [1.807, 2.05) is 0 Å². The Labute approximate surface area is 82.4 Å². The van der Waals surface area contributed by atoms with Crippen LogP contribution >= 0.6 is 0 Å². The van der Waals surface area contributed by atoms with Gasteiger partial charge in [-0.25, -0.2) is 0 Å². The fourth-order valence-corrected chi connectivity index (χ4v) is 0.985. The van der Waals surface area contributed by atoms with Crippen molar-refractivity contribution in [1.29, 1.82) is 0 Å². The molecule has 14 heavy (non-hydrogen) atoms. The van der Waals surface area contributed by atoms with Crippen LogP contribution in [0.2, 0.25) is 0 Å². The molecule has 0 aliphatic rings. The molecule has 0 aliphatic heterocycles. The van der Waals surface area contributed by atoms with E-state index in [1.165, 1.54) is 0 Å². The van der Waals surface area contributed by atoms with Gasteiger partial charge in [-0.1, -0.05) is 0 Å². The van der Waals surface area contributed by atoms with Crippen molar-refractivity contribution in [3.63, 3.8) is 0 Å². The molecule has 6 nitrogen and oxygen atoms in total. The summed E-state index contributed by atoms with van der Waals surface area (Å²) in [5.74, 6) is 1.05. The van der Waals surface area contributed by atoms with Crippen LogP contribution in [0.4, 0.5) is 17.6 Å². The lowest BCUT2D eigenvalue weighted by Crippen LogP contribution is -2.11. The van der Waals surface area contributed by atoms with Gasteiger partial charge in [0.15, 0.2) is 0 Å². The molecule has 78 valence electrons. The Kier molecular flexibility index (Phi) is 3.47. The van der Waals surface area contributed by atoms with Gasteiger partial charge in [0.05, 0.1) is 6.10 Å². The van der Waals surface area contributed by atoms with Gasteiger partial charge in [-0.2, -0.15) is 9.97 Å². The maximum atomic E-state index is 9.02. The van der Waals surface area contributed by atoms with E-state index in [0.717, 1.165) is 0 Å². The molecule has 1 heterocycles. The molecule has 0 aliphatic carbocycles. The van der Waals surface area contributed by atoms with Gasteiger partial charge in [0, 0.05) is 12.6 Å². The van der Waals surface area contributed by atoms with Crippen molar-refractivity contribution < 1.29 is 5.11 Å². The Hall–Kier alpha value is -1.56. The van der Waals surface area contributed by atoms with E-state index in [-0.39, 0.29) is 12.1 Å². The van der Waals surface area contributed by atoms with Crippen LogP contribution in [0, 0.1) is 0 Å². The van der Waals surface area contributed by atoms with Gasteiger partial charge in [0.2, 0.25) is 5.95 Å². The van der Waals surface area contributed by atoms with Crippen LogP contribution in [0.3, 0.4) is 0 Å². The highest BCUT2D eigenvalue weighted by Crippen LogP contribution is 2.09. The summed E-state index contributed by atoms with van der Waals surface area (Å²) in [4.78, 5) is 7.66. The topological polar surface area (TPSA) is 110 Å².